The molecule has 7 heteroatoms. The van der Waals surface area contributed by atoms with Crippen molar-refractivity contribution in [3.63, 3.8) is 0 Å². The summed E-state index contributed by atoms with van der Waals surface area (Å²) in [6.45, 7) is 3.60. The quantitative estimate of drug-likeness (QED) is 0.494. The van der Waals surface area contributed by atoms with E-state index in [1.54, 1.807) is 59.9 Å². The SMILES string of the molecule is CCOc1ccc(NC(=O)c2ccccc2NC(=O)C[NH+](C)Cc2cccs2)cc1. The normalized spacial score (nSPS) is 11.5. The number of para-hydroxylation sites is 1. The summed E-state index contributed by atoms with van der Waals surface area (Å²) in [6, 6.07) is 18.3. The number of likely N-dealkylation sites (N-methyl/N-ethyl adjacent to an activating group) is 1. The second-order valence-corrected chi connectivity index (χ2v) is 7.93. The number of amides is 2. The lowest BCUT2D eigenvalue weighted by Crippen LogP contribution is -3.08. The molecular formula is C23H26N3O3S+. The minimum Gasteiger partial charge on any atom is -0.494 e. The molecule has 0 aliphatic carbocycles. The van der Waals surface area contributed by atoms with Crippen molar-refractivity contribution in [3.8, 4) is 5.75 Å². The van der Waals surface area contributed by atoms with Crippen molar-refractivity contribution < 1.29 is 19.2 Å². The predicted molar refractivity (Wildman–Crippen MR) is 120 cm³/mol. The molecule has 2 aromatic carbocycles. The first-order valence-electron chi connectivity index (χ1n) is 9.82. The fourth-order valence-electron chi connectivity index (χ4n) is 3.03. The molecule has 0 saturated heterocycles. The number of carbonyl (C=O) groups is 2. The second kappa shape index (κ2) is 10.6. The Kier molecular flexibility index (Phi) is 7.59. The van der Waals surface area contributed by atoms with Gasteiger partial charge in [0.05, 0.1) is 29.8 Å². The number of nitrogens with one attached hydrogen (secondary N) is 3. The molecular weight excluding hydrogens is 398 g/mol. The molecule has 0 saturated carbocycles. The molecule has 1 aromatic heterocycles. The number of ether oxygens (including phenoxy) is 1. The van der Waals surface area contributed by atoms with E-state index in [-0.39, 0.29) is 11.8 Å². The van der Waals surface area contributed by atoms with Crippen molar-refractivity contribution in [2.24, 2.45) is 0 Å². The zero-order chi connectivity index (χ0) is 21.3. The van der Waals surface area contributed by atoms with Gasteiger partial charge in [-0.05, 0) is 54.8 Å². The Morgan fingerprint density at radius 1 is 1.00 bits per heavy atom. The van der Waals surface area contributed by atoms with Crippen LogP contribution >= 0.6 is 11.3 Å². The summed E-state index contributed by atoms with van der Waals surface area (Å²) in [5.41, 5.74) is 1.57. The molecule has 2 amide bonds. The molecule has 6 nitrogen and oxygen atoms in total. The van der Waals surface area contributed by atoms with Crippen LogP contribution in [0.4, 0.5) is 11.4 Å². The molecule has 0 aliphatic heterocycles. The number of thiophene rings is 1. The van der Waals surface area contributed by atoms with Crippen LogP contribution in [0.1, 0.15) is 22.2 Å². The summed E-state index contributed by atoms with van der Waals surface area (Å²) in [7, 11) is 1.98. The maximum atomic E-state index is 12.8. The monoisotopic (exact) mass is 424 g/mol. The Labute approximate surface area is 180 Å². The van der Waals surface area contributed by atoms with E-state index in [0.717, 1.165) is 17.2 Å². The van der Waals surface area contributed by atoms with Crippen molar-refractivity contribution in [3.05, 3.63) is 76.5 Å². The summed E-state index contributed by atoms with van der Waals surface area (Å²) >= 11 is 1.68. The number of carbonyl (C=O) groups excluding carboxylic acids is 2. The van der Waals surface area contributed by atoms with Crippen LogP contribution < -0.4 is 20.3 Å². The molecule has 3 aromatic rings. The van der Waals surface area contributed by atoms with Crippen LogP contribution in [0.3, 0.4) is 0 Å². The van der Waals surface area contributed by atoms with Crippen LogP contribution in [0.15, 0.2) is 66.0 Å². The molecule has 0 bridgehead atoms. The Hall–Kier alpha value is -3.16. The molecule has 0 aliphatic rings. The minimum atomic E-state index is -0.283. The third-order valence-electron chi connectivity index (χ3n) is 4.39. The first kappa shape index (κ1) is 21.5. The average Bonchev–Trinajstić information content (AvgIpc) is 3.22. The predicted octanol–water partition coefficient (Wildman–Crippen LogP) is 3.05. The summed E-state index contributed by atoms with van der Waals surface area (Å²) in [5.74, 6) is 0.331. The summed E-state index contributed by atoms with van der Waals surface area (Å²) in [5, 5.41) is 7.77. The van der Waals surface area contributed by atoms with Crippen molar-refractivity contribution in [2.75, 3.05) is 30.8 Å². The maximum absolute atomic E-state index is 12.8. The van der Waals surface area contributed by atoms with E-state index < -0.39 is 0 Å². The standard InChI is InChI=1S/C23H25N3O3S/c1-3-29-18-12-10-17(11-13-18)24-23(28)20-8-4-5-9-21(20)25-22(27)16-26(2)15-19-7-6-14-30-19/h4-14H,3,15-16H2,1-2H3,(H,24,28)(H,25,27)/p+1. The van der Waals surface area contributed by atoms with Gasteiger partial charge in [0.1, 0.15) is 12.3 Å². The van der Waals surface area contributed by atoms with Gasteiger partial charge in [0.15, 0.2) is 6.54 Å². The van der Waals surface area contributed by atoms with Crippen LogP contribution in [-0.2, 0) is 11.3 Å². The largest absolute Gasteiger partial charge is 0.494 e. The number of quaternary nitrogens is 1. The van der Waals surface area contributed by atoms with E-state index in [1.807, 2.05) is 25.4 Å². The van der Waals surface area contributed by atoms with Crippen molar-refractivity contribution in [1.82, 2.24) is 0 Å². The second-order valence-electron chi connectivity index (χ2n) is 6.90. The molecule has 0 fully saturated rings. The fourth-order valence-corrected chi connectivity index (χ4v) is 3.85. The van der Waals surface area contributed by atoms with Crippen molar-refractivity contribution in [1.29, 1.82) is 0 Å². The molecule has 3 rings (SSSR count). The van der Waals surface area contributed by atoms with Gasteiger partial charge in [-0.25, -0.2) is 0 Å². The Bertz CT molecular complexity index is 972. The van der Waals surface area contributed by atoms with E-state index in [1.165, 1.54) is 4.88 Å². The van der Waals surface area contributed by atoms with Crippen LogP contribution in [0.2, 0.25) is 0 Å². The summed E-state index contributed by atoms with van der Waals surface area (Å²) in [6.07, 6.45) is 0. The van der Waals surface area contributed by atoms with E-state index in [2.05, 4.69) is 16.7 Å². The first-order valence-corrected chi connectivity index (χ1v) is 10.7. The number of hydrogen-bond donors (Lipinski definition) is 3. The number of benzene rings is 2. The van der Waals surface area contributed by atoms with E-state index >= 15 is 0 Å². The zero-order valence-electron chi connectivity index (χ0n) is 17.1. The molecule has 156 valence electrons. The van der Waals surface area contributed by atoms with Crippen LogP contribution in [0.5, 0.6) is 5.75 Å². The lowest BCUT2D eigenvalue weighted by Gasteiger charge is -2.15. The van der Waals surface area contributed by atoms with Gasteiger partial charge in [-0.2, -0.15) is 0 Å². The average molecular weight is 425 g/mol. The lowest BCUT2D eigenvalue weighted by molar-refractivity contribution is -0.884. The van der Waals surface area contributed by atoms with E-state index in [0.29, 0.717) is 30.1 Å². The number of anilines is 2. The molecule has 30 heavy (non-hydrogen) atoms. The molecule has 0 radical (unpaired) electrons. The highest BCUT2D eigenvalue weighted by atomic mass is 32.1. The van der Waals surface area contributed by atoms with Gasteiger partial charge >= 0.3 is 0 Å². The Balaban J connectivity index is 1.61. The van der Waals surface area contributed by atoms with E-state index in [9.17, 15) is 9.59 Å². The fraction of sp³-hybridized carbons (Fsp3) is 0.217. The van der Waals surface area contributed by atoms with Crippen molar-refractivity contribution >= 4 is 34.5 Å². The highest BCUT2D eigenvalue weighted by Gasteiger charge is 2.16. The first-order chi connectivity index (χ1) is 14.5. The molecule has 3 N–H and O–H groups in total. The Morgan fingerprint density at radius 3 is 2.47 bits per heavy atom. The number of rotatable bonds is 9. The topological polar surface area (TPSA) is 71.9 Å². The van der Waals surface area contributed by atoms with Gasteiger partial charge in [0.25, 0.3) is 11.8 Å². The third kappa shape index (κ3) is 6.17. The number of hydrogen-bond acceptors (Lipinski definition) is 4. The maximum Gasteiger partial charge on any atom is 0.279 e. The Morgan fingerprint density at radius 2 is 1.77 bits per heavy atom. The molecule has 1 atom stereocenters. The van der Waals surface area contributed by atoms with Crippen LogP contribution in [0.25, 0.3) is 0 Å². The van der Waals surface area contributed by atoms with Crippen LogP contribution in [0, 0.1) is 0 Å². The molecule has 1 unspecified atom stereocenters. The van der Waals surface area contributed by atoms with Gasteiger partial charge in [0.2, 0.25) is 0 Å². The molecule has 1 heterocycles. The van der Waals surface area contributed by atoms with Crippen LogP contribution in [-0.4, -0.2) is 32.0 Å². The lowest BCUT2D eigenvalue weighted by atomic mass is 10.1. The van der Waals surface area contributed by atoms with Gasteiger partial charge in [-0.15, -0.1) is 11.3 Å². The minimum absolute atomic E-state index is 0.134. The highest BCUT2D eigenvalue weighted by molar-refractivity contribution is 7.09. The summed E-state index contributed by atoms with van der Waals surface area (Å²) < 4.78 is 5.42. The summed E-state index contributed by atoms with van der Waals surface area (Å²) in [4.78, 5) is 27.6. The van der Waals surface area contributed by atoms with Gasteiger partial charge < -0.3 is 20.3 Å². The van der Waals surface area contributed by atoms with Gasteiger partial charge in [0, 0.05) is 5.69 Å². The third-order valence-corrected chi connectivity index (χ3v) is 5.26. The molecule has 0 spiro atoms. The van der Waals surface area contributed by atoms with E-state index in [4.69, 9.17) is 4.74 Å². The zero-order valence-corrected chi connectivity index (χ0v) is 17.9. The van der Waals surface area contributed by atoms with Gasteiger partial charge in [-0.3, -0.25) is 9.59 Å². The highest BCUT2D eigenvalue weighted by Crippen LogP contribution is 2.19. The van der Waals surface area contributed by atoms with Gasteiger partial charge in [-0.1, -0.05) is 18.2 Å². The van der Waals surface area contributed by atoms with Crippen molar-refractivity contribution in [2.45, 2.75) is 13.5 Å². The smallest absolute Gasteiger partial charge is 0.279 e.